The maximum absolute atomic E-state index is 12.6. The summed E-state index contributed by atoms with van der Waals surface area (Å²) in [5.74, 6) is -0.00565. The minimum Gasteiger partial charge on any atom is -0.379 e. The Morgan fingerprint density at radius 1 is 1.20 bits per heavy atom. The predicted molar refractivity (Wildman–Crippen MR) is 96.2 cm³/mol. The normalized spacial score (nSPS) is 21.0. The highest BCUT2D eigenvalue weighted by Crippen LogP contribution is 2.22. The molecular weight excluding hydrogens is 318 g/mol. The predicted octanol–water partition coefficient (Wildman–Crippen LogP) is 0.904. The molecule has 1 aromatic rings. The van der Waals surface area contributed by atoms with Crippen molar-refractivity contribution in [2.24, 2.45) is 0 Å². The Kier molecular flexibility index (Phi) is 6.42. The summed E-state index contributed by atoms with van der Waals surface area (Å²) in [4.78, 5) is 15.0. The lowest BCUT2D eigenvalue weighted by molar-refractivity contribution is -0.146. The van der Waals surface area contributed by atoms with Crippen molar-refractivity contribution in [3.8, 4) is 0 Å². The zero-order valence-corrected chi connectivity index (χ0v) is 15.1. The first-order valence-electron chi connectivity index (χ1n) is 9.14. The number of benzene rings is 1. The fourth-order valence-electron chi connectivity index (χ4n) is 3.48. The van der Waals surface area contributed by atoms with E-state index < -0.39 is 5.60 Å². The summed E-state index contributed by atoms with van der Waals surface area (Å²) in [5.41, 5.74) is 1.73. The molecule has 2 aliphatic rings. The van der Waals surface area contributed by atoms with Crippen LogP contribution in [0.15, 0.2) is 24.3 Å². The molecule has 0 spiro atoms. The van der Waals surface area contributed by atoms with E-state index in [1.54, 1.807) is 7.11 Å². The van der Waals surface area contributed by atoms with E-state index in [4.69, 9.17) is 9.47 Å². The lowest BCUT2D eigenvalue weighted by Crippen LogP contribution is -2.53. The van der Waals surface area contributed by atoms with Crippen molar-refractivity contribution in [2.75, 3.05) is 46.5 Å². The highest BCUT2D eigenvalue weighted by molar-refractivity contribution is 5.85. The van der Waals surface area contributed by atoms with Gasteiger partial charge in [0.25, 0.3) is 5.91 Å². The summed E-state index contributed by atoms with van der Waals surface area (Å²) in [6.45, 7) is 6.75. The first-order valence-corrected chi connectivity index (χ1v) is 9.14. The molecule has 2 aliphatic heterocycles. The molecule has 138 valence electrons. The maximum Gasteiger partial charge on any atom is 0.252 e. The highest BCUT2D eigenvalue weighted by atomic mass is 16.5. The third kappa shape index (κ3) is 4.79. The Balaban J connectivity index is 1.50. The Bertz CT molecular complexity index is 550. The third-order valence-electron chi connectivity index (χ3n) is 5.20. The Morgan fingerprint density at radius 2 is 1.84 bits per heavy atom. The largest absolute Gasteiger partial charge is 0.379 e. The zero-order chi connectivity index (χ0) is 17.5. The van der Waals surface area contributed by atoms with E-state index in [0.29, 0.717) is 19.4 Å². The molecule has 2 fully saturated rings. The van der Waals surface area contributed by atoms with Gasteiger partial charge in [-0.25, -0.2) is 0 Å². The van der Waals surface area contributed by atoms with Crippen LogP contribution < -0.4 is 10.6 Å². The monoisotopic (exact) mass is 347 g/mol. The molecular formula is C19H29N3O3. The number of piperidine rings is 1. The summed E-state index contributed by atoms with van der Waals surface area (Å²) in [5, 5.41) is 6.31. The van der Waals surface area contributed by atoms with Gasteiger partial charge in [-0.1, -0.05) is 24.3 Å². The Hall–Kier alpha value is -1.47. The number of rotatable bonds is 6. The highest BCUT2D eigenvalue weighted by Gasteiger charge is 2.39. The van der Waals surface area contributed by atoms with Gasteiger partial charge in [0.15, 0.2) is 0 Å². The number of nitrogens with one attached hydrogen (secondary N) is 2. The quantitative estimate of drug-likeness (QED) is 0.801. The van der Waals surface area contributed by atoms with E-state index in [9.17, 15) is 4.79 Å². The van der Waals surface area contributed by atoms with Gasteiger partial charge in [0.05, 0.1) is 13.2 Å². The smallest absolute Gasteiger partial charge is 0.252 e. The second-order valence-corrected chi connectivity index (χ2v) is 6.84. The zero-order valence-electron chi connectivity index (χ0n) is 15.1. The minimum absolute atomic E-state index is 0.00565. The van der Waals surface area contributed by atoms with Crippen molar-refractivity contribution < 1.29 is 14.3 Å². The molecule has 0 bridgehead atoms. The molecule has 2 N–H and O–H groups in total. The van der Waals surface area contributed by atoms with Crippen LogP contribution in [0.3, 0.4) is 0 Å². The van der Waals surface area contributed by atoms with Crippen LogP contribution in [-0.2, 0) is 27.4 Å². The SMILES string of the molecule is COC1(C(=O)NCc2ccc(CN3CCOCC3)cc2)CCNCC1. The van der Waals surface area contributed by atoms with Gasteiger partial charge in [0.2, 0.25) is 0 Å². The van der Waals surface area contributed by atoms with Crippen LogP contribution in [0, 0.1) is 0 Å². The molecule has 2 heterocycles. The van der Waals surface area contributed by atoms with Crippen molar-refractivity contribution in [2.45, 2.75) is 31.5 Å². The van der Waals surface area contributed by atoms with Crippen LogP contribution in [0.4, 0.5) is 0 Å². The molecule has 0 aliphatic carbocycles. The van der Waals surface area contributed by atoms with Crippen LogP contribution in [0.1, 0.15) is 24.0 Å². The van der Waals surface area contributed by atoms with Crippen molar-refractivity contribution in [1.82, 2.24) is 15.5 Å². The lowest BCUT2D eigenvalue weighted by Gasteiger charge is -2.34. The van der Waals surface area contributed by atoms with E-state index in [-0.39, 0.29) is 5.91 Å². The summed E-state index contributed by atoms with van der Waals surface area (Å²) in [6.07, 6.45) is 1.43. The first-order chi connectivity index (χ1) is 12.2. The second kappa shape index (κ2) is 8.76. The number of ether oxygens (including phenoxy) is 2. The van der Waals surface area contributed by atoms with E-state index >= 15 is 0 Å². The topological polar surface area (TPSA) is 62.8 Å². The minimum atomic E-state index is -0.679. The molecule has 6 heteroatoms. The average molecular weight is 347 g/mol. The third-order valence-corrected chi connectivity index (χ3v) is 5.20. The fourth-order valence-corrected chi connectivity index (χ4v) is 3.48. The van der Waals surface area contributed by atoms with Crippen LogP contribution in [-0.4, -0.2) is 62.9 Å². The van der Waals surface area contributed by atoms with Crippen molar-refractivity contribution in [3.05, 3.63) is 35.4 Å². The van der Waals surface area contributed by atoms with Crippen LogP contribution in [0.2, 0.25) is 0 Å². The number of nitrogens with zero attached hydrogens (tertiary/aromatic N) is 1. The molecule has 6 nitrogen and oxygen atoms in total. The molecule has 1 amide bonds. The number of hydrogen-bond acceptors (Lipinski definition) is 5. The molecule has 0 unspecified atom stereocenters. The first kappa shape index (κ1) is 18.3. The summed E-state index contributed by atoms with van der Waals surface area (Å²) in [6, 6.07) is 8.48. The molecule has 0 atom stereocenters. The van der Waals surface area contributed by atoms with Crippen LogP contribution >= 0.6 is 0 Å². The van der Waals surface area contributed by atoms with Gasteiger partial charge in [0.1, 0.15) is 5.60 Å². The van der Waals surface area contributed by atoms with Gasteiger partial charge < -0.3 is 20.1 Å². The molecule has 2 saturated heterocycles. The van der Waals surface area contributed by atoms with Crippen molar-refractivity contribution in [1.29, 1.82) is 0 Å². The van der Waals surface area contributed by atoms with Crippen molar-refractivity contribution >= 4 is 5.91 Å². The molecule has 0 aromatic heterocycles. The van der Waals surface area contributed by atoms with E-state index in [1.165, 1.54) is 5.56 Å². The van der Waals surface area contributed by atoms with E-state index in [2.05, 4.69) is 39.8 Å². The number of carbonyl (C=O) groups excluding carboxylic acids is 1. The molecule has 0 saturated carbocycles. The van der Waals surface area contributed by atoms with Gasteiger partial charge in [-0.2, -0.15) is 0 Å². The van der Waals surface area contributed by atoms with Gasteiger partial charge >= 0.3 is 0 Å². The average Bonchev–Trinajstić information content (AvgIpc) is 2.68. The molecule has 25 heavy (non-hydrogen) atoms. The summed E-state index contributed by atoms with van der Waals surface area (Å²) in [7, 11) is 1.63. The van der Waals surface area contributed by atoms with E-state index in [1.807, 2.05) is 0 Å². The van der Waals surface area contributed by atoms with E-state index in [0.717, 1.165) is 51.5 Å². The number of amides is 1. The second-order valence-electron chi connectivity index (χ2n) is 6.84. The van der Waals surface area contributed by atoms with Gasteiger partial charge in [-0.15, -0.1) is 0 Å². The number of hydrogen-bond donors (Lipinski definition) is 2. The Labute approximate surface area is 149 Å². The van der Waals surface area contributed by atoms with Crippen LogP contribution in [0.5, 0.6) is 0 Å². The molecule has 1 aromatic carbocycles. The van der Waals surface area contributed by atoms with Gasteiger partial charge in [-0.3, -0.25) is 9.69 Å². The van der Waals surface area contributed by atoms with Gasteiger partial charge in [0, 0.05) is 33.3 Å². The summed E-state index contributed by atoms with van der Waals surface area (Å²) >= 11 is 0. The molecule has 0 radical (unpaired) electrons. The van der Waals surface area contributed by atoms with Crippen molar-refractivity contribution in [3.63, 3.8) is 0 Å². The summed E-state index contributed by atoms with van der Waals surface area (Å²) < 4.78 is 10.9. The molecule has 3 rings (SSSR count). The lowest BCUT2D eigenvalue weighted by atomic mass is 9.91. The standard InChI is InChI=1S/C19H29N3O3/c1-24-19(6-8-20-9-7-19)18(23)21-14-16-2-4-17(5-3-16)15-22-10-12-25-13-11-22/h2-5,20H,6-15H2,1H3,(H,21,23). The fraction of sp³-hybridized carbons (Fsp3) is 0.632. The number of carbonyl (C=O) groups is 1. The number of morpholine rings is 1. The number of methoxy groups -OCH3 is 1. The van der Waals surface area contributed by atoms with Crippen LogP contribution in [0.25, 0.3) is 0 Å². The Morgan fingerprint density at radius 3 is 2.48 bits per heavy atom. The maximum atomic E-state index is 12.6. The van der Waals surface area contributed by atoms with Gasteiger partial charge in [-0.05, 0) is 37.1 Å².